The highest BCUT2D eigenvalue weighted by atomic mass is 35.7. The van der Waals surface area contributed by atoms with Crippen LogP contribution in [0, 0.1) is 0 Å². The molecule has 0 saturated carbocycles. The molecule has 0 atom stereocenters. The number of rotatable bonds is 3. The molecule has 0 spiro atoms. The van der Waals surface area contributed by atoms with E-state index >= 15 is 0 Å². The van der Waals surface area contributed by atoms with Gasteiger partial charge in [0.25, 0.3) is 0 Å². The number of hydrogen-bond acceptors (Lipinski definition) is 3. The summed E-state index contributed by atoms with van der Waals surface area (Å²) in [6.45, 7) is 0. The molecule has 0 aliphatic rings. The third-order valence-corrected chi connectivity index (χ3v) is 3.36. The van der Waals surface area contributed by atoms with Gasteiger partial charge in [0.05, 0.1) is 5.75 Å². The summed E-state index contributed by atoms with van der Waals surface area (Å²) in [6.07, 6.45) is 0. The van der Waals surface area contributed by atoms with E-state index in [1.807, 2.05) is 0 Å². The molecule has 0 aliphatic carbocycles. The molecule has 1 aromatic rings. The molecule has 0 aromatic heterocycles. The third-order valence-electron chi connectivity index (χ3n) is 1.53. The number of halogens is 4. The van der Waals surface area contributed by atoms with Gasteiger partial charge >= 0.3 is 5.51 Å². The van der Waals surface area contributed by atoms with Crippen molar-refractivity contribution >= 4 is 31.5 Å². The molecule has 8 heteroatoms. The molecule has 0 N–H and O–H groups in total. The van der Waals surface area contributed by atoms with Crippen molar-refractivity contribution in [2.24, 2.45) is 0 Å². The maximum absolute atomic E-state index is 12.1. The molecule has 0 aliphatic heterocycles. The molecule has 1 rings (SSSR count). The van der Waals surface area contributed by atoms with E-state index in [9.17, 15) is 21.6 Å². The summed E-state index contributed by atoms with van der Waals surface area (Å²) in [5.41, 5.74) is -4.41. The Morgan fingerprint density at radius 1 is 1.25 bits per heavy atom. The van der Waals surface area contributed by atoms with E-state index < -0.39 is 20.3 Å². The van der Waals surface area contributed by atoms with E-state index in [1.165, 1.54) is 24.3 Å². The van der Waals surface area contributed by atoms with E-state index in [0.29, 0.717) is 0 Å². The first-order chi connectivity index (χ1) is 7.17. The molecule has 0 fully saturated rings. The third kappa shape index (κ3) is 5.09. The van der Waals surface area contributed by atoms with Gasteiger partial charge in [-0.15, -0.1) is 0 Å². The number of thioether (sulfide) groups is 1. The van der Waals surface area contributed by atoms with Crippen LogP contribution in [0.15, 0.2) is 29.2 Å². The normalized spacial score (nSPS) is 12.8. The van der Waals surface area contributed by atoms with Gasteiger partial charge in [0, 0.05) is 15.6 Å². The van der Waals surface area contributed by atoms with Gasteiger partial charge in [-0.1, -0.05) is 18.2 Å². The molecule has 1 aromatic carbocycles. The molecule has 0 saturated heterocycles. The molecule has 2 nitrogen and oxygen atoms in total. The van der Waals surface area contributed by atoms with Gasteiger partial charge < -0.3 is 0 Å². The monoisotopic (exact) mass is 290 g/mol. The van der Waals surface area contributed by atoms with Gasteiger partial charge in [-0.25, -0.2) is 8.42 Å². The van der Waals surface area contributed by atoms with Crippen LogP contribution in [-0.4, -0.2) is 13.9 Å². The van der Waals surface area contributed by atoms with Crippen molar-refractivity contribution in [1.29, 1.82) is 0 Å². The number of hydrogen-bond donors (Lipinski definition) is 0. The van der Waals surface area contributed by atoms with Crippen LogP contribution in [0.5, 0.6) is 0 Å². The number of benzene rings is 1. The van der Waals surface area contributed by atoms with E-state index in [1.54, 1.807) is 0 Å². The van der Waals surface area contributed by atoms with Crippen LogP contribution in [-0.2, 0) is 14.8 Å². The van der Waals surface area contributed by atoms with Crippen molar-refractivity contribution in [3.8, 4) is 0 Å². The van der Waals surface area contributed by atoms with Crippen LogP contribution >= 0.6 is 22.4 Å². The lowest BCUT2D eigenvalue weighted by molar-refractivity contribution is -0.0328. The van der Waals surface area contributed by atoms with E-state index in [2.05, 4.69) is 0 Å². The summed E-state index contributed by atoms with van der Waals surface area (Å²) < 4.78 is 58.0. The van der Waals surface area contributed by atoms with Crippen molar-refractivity contribution in [3.05, 3.63) is 29.8 Å². The Morgan fingerprint density at radius 3 is 2.31 bits per heavy atom. The predicted octanol–water partition coefficient (Wildman–Crippen LogP) is 3.37. The molecule has 90 valence electrons. The summed E-state index contributed by atoms with van der Waals surface area (Å²) in [5.74, 6) is -0.617. The van der Waals surface area contributed by atoms with Gasteiger partial charge in [0.1, 0.15) is 0 Å². The smallest absolute Gasteiger partial charge is 0.212 e. The Hall–Kier alpha value is -0.400. The molecule has 0 unspecified atom stereocenters. The summed E-state index contributed by atoms with van der Waals surface area (Å²) in [7, 11) is 1.13. The number of alkyl halides is 3. The molecule has 0 radical (unpaired) electrons. The van der Waals surface area contributed by atoms with Crippen molar-refractivity contribution in [2.45, 2.75) is 16.2 Å². The Morgan fingerprint density at radius 2 is 1.81 bits per heavy atom. The van der Waals surface area contributed by atoms with Gasteiger partial charge in [0.15, 0.2) is 0 Å². The maximum atomic E-state index is 12.1. The zero-order valence-electron chi connectivity index (χ0n) is 7.66. The van der Waals surface area contributed by atoms with E-state index in [4.69, 9.17) is 10.7 Å². The van der Waals surface area contributed by atoms with Gasteiger partial charge in [-0.3, -0.25) is 0 Å². The Balaban J connectivity index is 3.01. The molecular formula is C8H6ClF3O2S2. The lowest BCUT2D eigenvalue weighted by atomic mass is 10.2. The minimum atomic E-state index is -4.45. The van der Waals surface area contributed by atoms with Crippen molar-refractivity contribution in [2.75, 3.05) is 0 Å². The van der Waals surface area contributed by atoms with E-state index in [0.717, 1.165) is 0 Å². The quantitative estimate of drug-likeness (QED) is 0.632. The van der Waals surface area contributed by atoms with Crippen molar-refractivity contribution in [1.82, 2.24) is 0 Å². The highest BCUT2D eigenvalue weighted by molar-refractivity contribution is 8.13. The summed E-state index contributed by atoms with van der Waals surface area (Å²) in [5, 5.41) is 0. The average molecular weight is 291 g/mol. The van der Waals surface area contributed by atoms with Gasteiger partial charge in [-0.05, 0) is 23.4 Å². The Labute approximate surface area is 99.2 Å². The van der Waals surface area contributed by atoms with E-state index in [-0.39, 0.29) is 22.2 Å². The molecule has 0 bridgehead atoms. The second-order valence-corrected chi connectivity index (χ2v) is 6.72. The summed E-state index contributed by atoms with van der Waals surface area (Å²) in [6, 6.07) is 5.36. The zero-order valence-corrected chi connectivity index (χ0v) is 10.1. The fraction of sp³-hybridized carbons (Fsp3) is 0.250. The SMILES string of the molecule is O=S(=O)(Cl)Cc1ccccc1SC(F)(F)F. The summed E-state index contributed by atoms with van der Waals surface area (Å²) >= 11 is -0.355. The van der Waals surface area contributed by atoms with Crippen molar-refractivity contribution in [3.63, 3.8) is 0 Å². The fourth-order valence-electron chi connectivity index (χ4n) is 1.03. The second kappa shape index (κ2) is 4.85. The molecule has 0 amide bonds. The predicted molar refractivity (Wildman–Crippen MR) is 56.8 cm³/mol. The van der Waals surface area contributed by atoms with Crippen LogP contribution in [0.1, 0.15) is 5.56 Å². The maximum Gasteiger partial charge on any atom is 0.446 e. The van der Waals surface area contributed by atoms with Gasteiger partial charge in [0.2, 0.25) is 9.05 Å². The second-order valence-electron chi connectivity index (χ2n) is 2.84. The van der Waals surface area contributed by atoms with Crippen LogP contribution < -0.4 is 0 Å². The van der Waals surface area contributed by atoms with Crippen LogP contribution in [0.2, 0.25) is 0 Å². The molecule has 0 heterocycles. The lowest BCUT2D eigenvalue weighted by Gasteiger charge is -2.09. The minimum absolute atomic E-state index is 0.0415. The highest BCUT2D eigenvalue weighted by Gasteiger charge is 2.30. The van der Waals surface area contributed by atoms with Gasteiger partial charge in [-0.2, -0.15) is 13.2 Å². The Bertz CT molecular complexity index is 470. The largest absolute Gasteiger partial charge is 0.446 e. The zero-order chi connectivity index (χ0) is 12.4. The first-order valence-corrected chi connectivity index (χ1v) is 7.23. The lowest BCUT2D eigenvalue weighted by Crippen LogP contribution is -2.03. The highest BCUT2D eigenvalue weighted by Crippen LogP contribution is 2.38. The van der Waals surface area contributed by atoms with Crippen LogP contribution in [0.25, 0.3) is 0 Å². The Kier molecular flexibility index (Phi) is 4.14. The summed E-state index contributed by atoms with van der Waals surface area (Å²) in [4.78, 5) is -0.153. The van der Waals surface area contributed by atoms with Crippen LogP contribution in [0.3, 0.4) is 0 Å². The molecular weight excluding hydrogens is 285 g/mol. The van der Waals surface area contributed by atoms with Crippen molar-refractivity contribution < 1.29 is 21.6 Å². The molecule has 16 heavy (non-hydrogen) atoms. The topological polar surface area (TPSA) is 34.1 Å². The van der Waals surface area contributed by atoms with Crippen LogP contribution in [0.4, 0.5) is 13.2 Å². The first-order valence-electron chi connectivity index (χ1n) is 3.93. The minimum Gasteiger partial charge on any atom is -0.212 e. The average Bonchev–Trinajstić information content (AvgIpc) is 2.03. The fourth-order valence-corrected chi connectivity index (χ4v) is 2.77. The standard InChI is InChI=1S/C8H6ClF3O2S2/c9-16(13,14)5-6-3-1-2-4-7(6)15-8(10,11)12/h1-4H,5H2. The first kappa shape index (κ1) is 13.7.